The summed E-state index contributed by atoms with van der Waals surface area (Å²) in [4.78, 5) is 11.6. The second kappa shape index (κ2) is 4.56. The molecule has 0 aliphatic carbocycles. The SMILES string of the molecule is O=C1CCc2cc(I)ccc2N1SI. The third kappa shape index (κ3) is 2.04. The van der Waals surface area contributed by atoms with E-state index in [0.717, 1.165) is 12.1 Å². The number of fused-ring (bicyclic) bond motifs is 1. The molecule has 0 N–H and O–H groups in total. The van der Waals surface area contributed by atoms with E-state index >= 15 is 0 Å². The highest BCUT2D eigenvalue weighted by Gasteiger charge is 2.23. The van der Waals surface area contributed by atoms with E-state index in [9.17, 15) is 4.79 Å². The average Bonchev–Trinajstić information content (AvgIpc) is 2.18. The van der Waals surface area contributed by atoms with Gasteiger partial charge in [0.15, 0.2) is 0 Å². The molecule has 0 radical (unpaired) electrons. The van der Waals surface area contributed by atoms with Crippen LogP contribution in [0.5, 0.6) is 0 Å². The Balaban J connectivity index is 2.47. The molecule has 0 unspecified atom stereocenters. The third-order valence-electron chi connectivity index (χ3n) is 2.16. The Morgan fingerprint density at radius 1 is 1.36 bits per heavy atom. The van der Waals surface area contributed by atoms with E-state index in [1.807, 2.05) is 12.1 Å². The van der Waals surface area contributed by atoms with Gasteiger partial charge < -0.3 is 0 Å². The predicted molar refractivity (Wildman–Crippen MR) is 76.6 cm³/mol. The molecule has 1 aromatic rings. The van der Waals surface area contributed by atoms with Crippen LogP contribution in [0, 0.1) is 3.57 Å². The number of hydrogen-bond donors (Lipinski definition) is 0. The first-order valence-electron chi connectivity index (χ1n) is 4.12. The van der Waals surface area contributed by atoms with Gasteiger partial charge in [0.1, 0.15) is 0 Å². The second-order valence-corrected chi connectivity index (χ2v) is 5.96. The van der Waals surface area contributed by atoms with Gasteiger partial charge in [0.25, 0.3) is 0 Å². The summed E-state index contributed by atoms with van der Waals surface area (Å²) in [5.41, 5.74) is 2.33. The predicted octanol–water partition coefficient (Wildman–Crippen LogP) is 3.57. The van der Waals surface area contributed by atoms with Gasteiger partial charge in [-0.3, -0.25) is 4.79 Å². The van der Waals surface area contributed by atoms with Crippen LogP contribution in [0.25, 0.3) is 0 Å². The topological polar surface area (TPSA) is 20.3 Å². The summed E-state index contributed by atoms with van der Waals surface area (Å²) >= 11 is 4.45. The van der Waals surface area contributed by atoms with Crippen molar-refractivity contribution in [2.24, 2.45) is 0 Å². The van der Waals surface area contributed by atoms with Gasteiger partial charge in [0.05, 0.1) is 5.69 Å². The van der Waals surface area contributed by atoms with Crippen molar-refractivity contribution in [2.45, 2.75) is 12.8 Å². The zero-order valence-electron chi connectivity index (χ0n) is 7.17. The molecule has 0 saturated heterocycles. The molecule has 1 aliphatic rings. The fourth-order valence-electron chi connectivity index (χ4n) is 1.51. The van der Waals surface area contributed by atoms with E-state index in [4.69, 9.17) is 0 Å². The number of aryl methyl sites for hydroxylation is 1. The number of carbonyl (C=O) groups is 1. The summed E-state index contributed by atoms with van der Waals surface area (Å²) < 4.78 is 3.00. The van der Waals surface area contributed by atoms with Crippen LogP contribution in [0.1, 0.15) is 12.0 Å². The van der Waals surface area contributed by atoms with Crippen LogP contribution in [0.4, 0.5) is 5.69 Å². The molecule has 1 aliphatic heterocycles. The van der Waals surface area contributed by atoms with Crippen molar-refractivity contribution in [2.75, 3.05) is 4.31 Å². The average molecular weight is 431 g/mol. The first-order valence-corrected chi connectivity index (χ1v) is 8.52. The van der Waals surface area contributed by atoms with E-state index in [1.165, 1.54) is 18.3 Å². The standard InChI is InChI=1S/C9H7I2NOS/c10-7-2-3-8-6(5-7)1-4-9(13)12(8)14-11/h2-3,5H,1,4H2. The summed E-state index contributed by atoms with van der Waals surface area (Å²) in [6.07, 6.45) is 1.50. The van der Waals surface area contributed by atoms with E-state index in [0.29, 0.717) is 6.42 Å². The monoisotopic (exact) mass is 431 g/mol. The molecule has 74 valence electrons. The Labute approximate surface area is 113 Å². The van der Waals surface area contributed by atoms with E-state index in [2.05, 4.69) is 49.9 Å². The summed E-state index contributed by atoms with van der Waals surface area (Å²) in [7, 11) is 1.45. The van der Waals surface area contributed by atoms with Gasteiger partial charge >= 0.3 is 0 Å². The molecule has 2 nitrogen and oxygen atoms in total. The molecule has 14 heavy (non-hydrogen) atoms. The van der Waals surface area contributed by atoms with Crippen molar-refractivity contribution >= 4 is 64.5 Å². The molecule has 0 spiro atoms. The van der Waals surface area contributed by atoms with Crippen molar-refractivity contribution in [3.8, 4) is 0 Å². The molecule has 0 fully saturated rings. The van der Waals surface area contributed by atoms with Crippen molar-refractivity contribution in [1.29, 1.82) is 0 Å². The lowest BCUT2D eigenvalue weighted by molar-refractivity contribution is -0.117. The van der Waals surface area contributed by atoms with Gasteiger partial charge in [0.2, 0.25) is 5.91 Å². The highest BCUT2D eigenvalue weighted by Crippen LogP contribution is 2.36. The van der Waals surface area contributed by atoms with E-state index in [-0.39, 0.29) is 5.91 Å². The molecule has 2 rings (SSSR count). The Morgan fingerprint density at radius 2 is 2.14 bits per heavy atom. The number of carbonyl (C=O) groups excluding carboxylic acids is 1. The fraction of sp³-hybridized carbons (Fsp3) is 0.222. The smallest absolute Gasteiger partial charge is 0.238 e. The first-order chi connectivity index (χ1) is 6.72. The van der Waals surface area contributed by atoms with Crippen LogP contribution < -0.4 is 4.31 Å². The van der Waals surface area contributed by atoms with Crippen LogP contribution in [-0.2, 0) is 11.2 Å². The minimum absolute atomic E-state index is 0.207. The van der Waals surface area contributed by atoms with E-state index < -0.39 is 0 Å². The number of benzene rings is 1. The Hall–Kier alpha value is 0.500. The summed E-state index contributed by atoms with van der Waals surface area (Å²) in [6, 6.07) is 6.22. The fourth-order valence-corrected chi connectivity index (χ4v) is 3.78. The molecule has 1 aromatic carbocycles. The van der Waals surface area contributed by atoms with Crippen LogP contribution in [0.3, 0.4) is 0 Å². The maximum Gasteiger partial charge on any atom is 0.238 e. The molecule has 0 aromatic heterocycles. The number of rotatable bonds is 1. The van der Waals surface area contributed by atoms with Gasteiger partial charge in [-0.05, 0) is 52.8 Å². The van der Waals surface area contributed by atoms with Gasteiger partial charge in [-0.1, -0.05) is 0 Å². The van der Waals surface area contributed by atoms with Crippen LogP contribution >= 0.6 is 52.9 Å². The van der Waals surface area contributed by atoms with Crippen molar-refractivity contribution < 1.29 is 4.79 Å². The summed E-state index contributed by atoms with van der Waals surface area (Å²) in [5, 5.41) is 0. The number of anilines is 1. The van der Waals surface area contributed by atoms with Gasteiger partial charge in [-0.25, -0.2) is 4.31 Å². The zero-order valence-corrected chi connectivity index (χ0v) is 12.3. The summed E-state index contributed by atoms with van der Waals surface area (Å²) in [6.45, 7) is 0. The molecule has 0 atom stereocenters. The molecule has 5 heteroatoms. The normalized spacial score (nSPS) is 15.6. The van der Waals surface area contributed by atoms with Gasteiger partial charge in [-0.15, -0.1) is 0 Å². The number of nitrogens with zero attached hydrogens (tertiary/aromatic N) is 1. The maximum absolute atomic E-state index is 11.6. The second-order valence-electron chi connectivity index (χ2n) is 3.03. The molecule has 0 saturated carbocycles. The lowest BCUT2D eigenvalue weighted by Gasteiger charge is -2.26. The van der Waals surface area contributed by atoms with Crippen LogP contribution in [0.2, 0.25) is 0 Å². The van der Waals surface area contributed by atoms with Gasteiger partial charge in [0, 0.05) is 40.3 Å². The first kappa shape index (κ1) is 11.0. The lowest BCUT2D eigenvalue weighted by Crippen LogP contribution is -2.27. The molecule has 1 amide bonds. The highest BCUT2D eigenvalue weighted by atomic mass is 127. The quantitative estimate of drug-likeness (QED) is 0.501. The van der Waals surface area contributed by atoms with Gasteiger partial charge in [-0.2, -0.15) is 0 Å². The third-order valence-corrected chi connectivity index (χ3v) is 4.56. The largest absolute Gasteiger partial charge is 0.274 e. The Bertz CT molecular complexity index is 383. The number of amides is 1. The lowest BCUT2D eigenvalue weighted by atomic mass is 10.0. The molecule has 1 heterocycles. The minimum Gasteiger partial charge on any atom is -0.274 e. The zero-order chi connectivity index (χ0) is 10.1. The highest BCUT2D eigenvalue weighted by molar-refractivity contribution is 14.2. The molecule has 0 bridgehead atoms. The van der Waals surface area contributed by atoms with Crippen molar-refractivity contribution in [1.82, 2.24) is 0 Å². The van der Waals surface area contributed by atoms with E-state index in [1.54, 1.807) is 4.31 Å². The number of hydrogen-bond acceptors (Lipinski definition) is 2. The Morgan fingerprint density at radius 3 is 2.86 bits per heavy atom. The summed E-state index contributed by atoms with van der Waals surface area (Å²) in [5.74, 6) is 0.207. The number of halogens is 2. The maximum atomic E-state index is 11.6. The van der Waals surface area contributed by atoms with Crippen LogP contribution in [-0.4, -0.2) is 5.91 Å². The molecular formula is C9H7I2NOS. The van der Waals surface area contributed by atoms with Crippen LogP contribution in [0.15, 0.2) is 18.2 Å². The van der Waals surface area contributed by atoms with Crippen molar-refractivity contribution in [3.63, 3.8) is 0 Å². The Kier molecular flexibility index (Phi) is 3.59. The minimum atomic E-state index is 0.207. The van der Waals surface area contributed by atoms with Crippen molar-refractivity contribution in [3.05, 3.63) is 27.3 Å². The molecular weight excluding hydrogens is 424 g/mol.